The van der Waals surface area contributed by atoms with Crippen molar-refractivity contribution in [2.75, 3.05) is 5.32 Å². The first-order valence-electron chi connectivity index (χ1n) is 10.1. The van der Waals surface area contributed by atoms with Gasteiger partial charge in [0, 0.05) is 17.0 Å². The maximum absolute atomic E-state index is 16.2. The Labute approximate surface area is 188 Å². The molecule has 12 heteroatoms. The van der Waals surface area contributed by atoms with E-state index in [9.17, 15) is 22.0 Å². The number of anilines is 1. The lowest BCUT2D eigenvalue weighted by Gasteiger charge is -2.34. The Balaban J connectivity index is 1.85. The molecule has 0 atom stereocenters. The summed E-state index contributed by atoms with van der Waals surface area (Å²) in [6, 6.07) is 6.15. The number of nitrogens with zero attached hydrogens (tertiary/aromatic N) is 3. The highest BCUT2D eigenvalue weighted by Gasteiger charge is 2.38. The summed E-state index contributed by atoms with van der Waals surface area (Å²) in [5.74, 6) is -0.768. The third-order valence-corrected chi connectivity index (χ3v) is 5.71. The molecule has 0 saturated heterocycles. The number of rotatable bonds is 3. The number of benzene rings is 2. The Morgan fingerprint density at radius 3 is 2.53 bits per heavy atom. The van der Waals surface area contributed by atoms with Gasteiger partial charge in [0.25, 0.3) is 0 Å². The van der Waals surface area contributed by atoms with Crippen LogP contribution in [0.3, 0.4) is 0 Å². The van der Waals surface area contributed by atoms with E-state index in [2.05, 4.69) is 25.2 Å². The van der Waals surface area contributed by atoms with Gasteiger partial charge in [-0.1, -0.05) is 12.1 Å². The first kappa shape index (κ1) is 22.1. The molecule has 0 amide bonds. The van der Waals surface area contributed by atoms with Gasteiger partial charge in [-0.05, 0) is 38.5 Å². The average Bonchev–Trinajstić information content (AvgIpc) is 3.32. The van der Waals surface area contributed by atoms with Gasteiger partial charge in [0.15, 0.2) is 11.6 Å². The molecule has 0 saturated carbocycles. The molecular weight excluding hydrogens is 464 g/mol. The van der Waals surface area contributed by atoms with E-state index < -0.39 is 41.2 Å². The van der Waals surface area contributed by atoms with Gasteiger partial charge in [-0.15, -0.1) is 10.2 Å². The summed E-state index contributed by atoms with van der Waals surface area (Å²) in [6.07, 6.45) is -4.68. The van der Waals surface area contributed by atoms with Gasteiger partial charge in [-0.25, -0.2) is 4.39 Å². The third kappa shape index (κ3) is 3.27. The topological polar surface area (TPSA) is 67.8 Å². The monoisotopic (exact) mass is 481 g/mol. The molecule has 0 radical (unpaired) electrons. The van der Waals surface area contributed by atoms with E-state index >= 15 is 4.39 Å². The SMILES string of the molecule is Cc1nnc2n1-c1c(cc(OC(F)F)c(-c3cccc4[nH]c(C(F)(F)F)cc34)c1F)NC2(C)C. The smallest absolute Gasteiger partial charge is 0.431 e. The van der Waals surface area contributed by atoms with Crippen molar-refractivity contribution in [3.63, 3.8) is 0 Å². The van der Waals surface area contributed by atoms with Crippen molar-refractivity contribution in [1.29, 1.82) is 0 Å². The maximum atomic E-state index is 16.2. The number of nitrogens with one attached hydrogen (secondary N) is 2. The van der Waals surface area contributed by atoms with Crippen LogP contribution in [0.4, 0.5) is 32.0 Å². The molecule has 2 aromatic carbocycles. The van der Waals surface area contributed by atoms with Crippen molar-refractivity contribution in [3.8, 4) is 22.6 Å². The summed E-state index contributed by atoms with van der Waals surface area (Å²) in [4.78, 5) is 2.25. The van der Waals surface area contributed by atoms with Gasteiger partial charge in [-0.3, -0.25) is 4.57 Å². The Bertz CT molecular complexity index is 1440. The zero-order chi connectivity index (χ0) is 24.6. The lowest BCUT2D eigenvalue weighted by atomic mass is 9.95. The van der Waals surface area contributed by atoms with Crippen LogP contribution in [0, 0.1) is 12.7 Å². The van der Waals surface area contributed by atoms with E-state index in [1.807, 2.05) is 0 Å². The van der Waals surface area contributed by atoms with E-state index in [4.69, 9.17) is 0 Å². The number of ether oxygens (including phenoxy) is 1. The van der Waals surface area contributed by atoms with Crippen LogP contribution in [0.15, 0.2) is 30.3 Å². The predicted octanol–water partition coefficient (Wildman–Crippen LogP) is 6.14. The third-order valence-electron chi connectivity index (χ3n) is 5.71. The molecule has 5 rings (SSSR count). The van der Waals surface area contributed by atoms with Crippen LogP contribution in [-0.2, 0) is 11.7 Å². The molecule has 0 bridgehead atoms. The fraction of sp³-hybridized carbons (Fsp3) is 0.273. The molecule has 34 heavy (non-hydrogen) atoms. The van der Waals surface area contributed by atoms with Crippen molar-refractivity contribution in [2.24, 2.45) is 0 Å². The Morgan fingerprint density at radius 1 is 1.12 bits per heavy atom. The van der Waals surface area contributed by atoms with Crippen molar-refractivity contribution in [3.05, 3.63) is 53.5 Å². The molecule has 2 aromatic heterocycles. The second-order valence-corrected chi connectivity index (χ2v) is 8.44. The normalized spacial score (nSPS) is 14.8. The second-order valence-electron chi connectivity index (χ2n) is 8.44. The van der Waals surface area contributed by atoms with Gasteiger partial charge in [0.05, 0.1) is 16.8 Å². The summed E-state index contributed by atoms with van der Waals surface area (Å²) in [7, 11) is 0. The number of aryl methyl sites for hydroxylation is 1. The number of hydrogen-bond donors (Lipinski definition) is 2. The summed E-state index contributed by atoms with van der Waals surface area (Å²) in [6.45, 7) is 1.83. The molecule has 178 valence electrons. The zero-order valence-electron chi connectivity index (χ0n) is 18.0. The Morgan fingerprint density at radius 2 is 1.85 bits per heavy atom. The number of hydrogen-bond acceptors (Lipinski definition) is 4. The van der Waals surface area contributed by atoms with E-state index in [1.54, 1.807) is 20.8 Å². The van der Waals surface area contributed by atoms with Crippen molar-refractivity contribution in [1.82, 2.24) is 19.7 Å². The highest BCUT2D eigenvalue weighted by atomic mass is 19.4. The van der Waals surface area contributed by atoms with E-state index in [-0.39, 0.29) is 27.8 Å². The lowest BCUT2D eigenvalue weighted by Crippen LogP contribution is -2.36. The fourth-order valence-corrected chi connectivity index (χ4v) is 4.32. The molecule has 0 spiro atoms. The predicted molar refractivity (Wildman–Crippen MR) is 112 cm³/mol. The van der Waals surface area contributed by atoms with Crippen molar-refractivity contribution >= 4 is 16.6 Å². The van der Waals surface area contributed by atoms with Crippen LogP contribution in [0.2, 0.25) is 0 Å². The minimum Gasteiger partial charge on any atom is -0.434 e. The van der Waals surface area contributed by atoms with Gasteiger partial charge in [-0.2, -0.15) is 22.0 Å². The molecule has 4 aromatic rings. The standard InChI is InChI=1S/C22H17F6N5O/c1-9-31-32-19-21(2,3)30-13-8-14(34-20(24)25)16(17(23)18(13)33(9)19)10-5-4-6-12-11(10)7-15(29-12)22(26,27)28/h4-8,20,29-30H,1-3H3. The van der Waals surface area contributed by atoms with E-state index in [0.717, 1.165) is 6.07 Å². The number of aromatic nitrogens is 4. The maximum Gasteiger partial charge on any atom is 0.431 e. The Hall–Kier alpha value is -3.70. The highest BCUT2D eigenvalue weighted by Crippen LogP contribution is 2.47. The van der Waals surface area contributed by atoms with Crippen LogP contribution in [-0.4, -0.2) is 26.4 Å². The number of H-pyrrole nitrogens is 1. The van der Waals surface area contributed by atoms with Crippen LogP contribution >= 0.6 is 0 Å². The number of alkyl halides is 5. The molecule has 3 heterocycles. The molecule has 6 nitrogen and oxygen atoms in total. The number of aromatic amines is 1. The van der Waals surface area contributed by atoms with Gasteiger partial charge in [0.1, 0.15) is 23.0 Å². The van der Waals surface area contributed by atoms with Gasteiger partial charge >= 0.3 is 12.8 Å². The van der Waals surface area contributed by atoms with Gasteiger partial charge < -0.3 is 15.0 Å². The zero-order valence-corrected chi connectivity index (χ0v) is 18.0. The molecule has 0 unspecified atom stereocenters. The number of halogens is 6. The first-order valence-corrected chi connectivity index (χ1v) is 10.1. The quantitative estimate of drug-likeness (QED) is 0.345. The molecule has 1 aliphatic heterocycles. The minimum atomic E-state index is -4.68. The first-order chi connectivity index (χ1) is 15.9. The molecular formula is C22H17F6N5O. The summed E-state index contributed by atoms with van der Waals surface area (Å²) in [5.41, 5.74) is -2.16. The summed E-state index contributed by atoms with van der Waals surface area (Å²) >= 11 is 0. The summed E-state index contributed by atoms with van der Waals surface area (Å²) in [5, 5.41) is 11.2. The largest absolute Gasteiger partial charge is 0.434 e. The lowest BCUT2D eigenvalue weighted by molar-refractivity contribution is -0.140. The van der Waals surface area contributed by atoms with Gasteiger partial charge in [0.2, 0.25) is 0 Å². The molecule has 2 N–H and O–H groups in total. The molecule has 0 aliphatic carbocycles. The van der Waals surface area contributed by atoms with Crippen molar-refractivity contribution < 1.29 is 31.1 Å². The second kappa shape index (κ2) is 7.15. The van der Waals surface area contributed by atoms with Crippen LogP contribution in [0.5, 0.6) is 5.75 Å². The molecule has 1 aliphatic rings. The highest BCUT2D eigenvalue weighted by molar-refractivity contribution is 5.98. The minimum absolute atomic E-state index is 0.00223. The Kier molecular flexibility index (Phi) is 4.65. The molecule has 0 fully saturated rings. The van der Waals surface area contributed by atoms with Crippen molar-refractivity contribution in [2.45, 2.75) is 39.1 Å². The number of fused-ring (bicyclic) bond motifs is 4. The van der Waals surface area contributed by atoms with Crippen LogP contribution in [0.25, 0.3) is 27.7 Å². The van der Waals surface area contributed by atoms with E-state index in [1.165, 1.54) is 28.8 Å². The van der Waals surface area contributed by atoms with E-state index in [0.29, 0.717) is 11.6 Å². The van der Waals surface area contributed by atoms with Crippen LogP contribution in [0.1, 0.15) is 31.2 Å². The van der Waals surface area contributed by atoms with Crippen LogP contribution < -0.4 is 10.1 Å². The summed E-state index contributed by atoms with van der Waals surface area (Å²) < 4.78 is 88.9. The average molecular weight is 481 g/mol. The fourth-order valence-electron chi connectivity index (χ4n) is 4.32.